The maximum atomic E-state index is 13.5. The molecule has 44 heavy (non-hydrogen) atoms. The van der Waals surface area contributed by atoms with Gasteiger partial charge in [0.1, 0.15) is 24.4 Å². The van der Waals surface area contributed by atoms with Crippen molar-refractivity contribution in [3.8, 4) is 0 Å². The third-order valence-corrected chi connectivity index (χ3v) is 7.57. The minimum Gasteiger partial charge on any atom is -0.446 e. The van der Waals surface area contributed by atoms with Crippen molar-refractivity contribution in [2.45, 2.75) is 70.7 Å². The number of hydrogen-bond acceptors (Lipinski definition) is 11. The van der Waals surface area contributed by atoms with E-state index in [1.807, 2.05) is 18.7 Å². The Balaban J connectivity index is 1.43. The Kier molecular flexibility index (Phi) is 11.6. The summed E-state index contributed by atoms with van der Waals surface area (Å²) in [4.78, 5) is 69.4. The van der Waals surface area contributed by atoms with Crippen molar-refractivity contribution in [1.29, 1.82) is 0 Å². The number of nitrogens with zero attached hydrogens (tertiary/aromatic N) is 5. The van der Waals surface area contributed by atoms with Crippen LogP contribution in [0.25, 0.3) is 0 Å². The van der Waals surface area contributed by atoms with E-state index in [0.717, 1.165) is 0 Å². The first-order valence-corrected chi connectivity index (χ1v) is 15.2. The number of oxazole rings is 1. The molecule has 4 amide bonds. The van der Waals surface area contributed by atoms with Crippen LogP contribution in [0.3, 0.4) is 0 Å². The van der Waals surface area contributed by atoms with E-state index in [4.69, 9.17) is 4.42 Å². The molecule has 4 atom stereocenters. The molecule has 1 fully saturated rings. The Hall–Kier alpha value is -4.11. The van der Waals surface area contributed by atoms with Gasteiger partial charge in [-0.1, -0.05) is 13.8 Å². The van der Waals surface area contributed by atoms with E-state index in [1.54, 1.807) is 18.5 Å². The number of fused-ring (bicyclic) bond motifs is 2. The predicted molar refractivity (Wildman–Crippen MR) is 159 cm³/mol. The molecule has 2 bridgehead atoms. The highest BCUT2D eigenvalue weighted by Crippen LogP contribution is 2.22. The van der Waals surface area contributed by atoms with Crippen molar-refractivity contribution in [2.75, 3.05) is 44.2 Å². The van der Waals surface area contributed by atoms with Gasteiger partial charge in [0, 0.05) is 45.1 Å². The van der Waals surface area contributed by atoms with Crippen LogP contribution in [-0.4, -0.2) is 106 Å². The summed E-state index contributed by atoms with van der Waals surface area (Å²) in [5, 5.41) is 21.5. The molecule has 0 aliphatic carbocycles. The lowest BCUT2D eigenvalue weighted by Gasteiger charge is -2.34. The number of nitrogens with one attached hydrogen (secondary N) is 4. The van der Waals surface area contributed by atoms with Crippen LogP contribution in [0, 0.1) is 5.92 Å². The monoisotopic (exact) mass is 613 g/mol. The molecular formula is C29H43N9O6. The Labute approximate surface area is 256 Å². The zero-order valence-electron chi connectivity index (χ0n) is 25.5. The largest absolute Gasteiger partial charge is 0.446 e. The molecule has 15 nitrogen and oxygen atoms in total. The Morgan fingerprint density at radius 2 is 1.80 bits per heavy atom. The fourth-order valence-corrected chi connectivity index (χ4v) is 5.20. The van der Waals surface area contributed by atoms with Crippen molar-refractivity contribution in [1.82, 2.24) is 41.1 Å². The number of aliphatic hydroxyl groups excluding tert-OH is 1. The number of hydrogen-bond donors (Lipinski definition) is 5. The molecular weight excluding hydrogens is 570 g/mol. The SMILES string of the molecule is CC(C)C[C@@H]1NC(=O)[C@H]([C@@H](C)O)NC(=O)[C@@H](NC(=O)CN2CCN(c3ncccn3)CC2)CCCCNC(=O)c2coc1n2. The van der Waals surface area contributed by atoms with Crippen LogP contribution >= 0.6 is 0 Å². The maximum Gasteiger partial charge on any atom is 0.273 e. The van der Waals surface area contributed by atoms with Gasteiger partial charge in [-0.3, -0.25) is 24.1 Å². The van der Waals surface area contributed by atoms with Crippen LogP contribution in [0.5, 0.6) is 0 Å². The summed E-state index contributed by atoms with van der Waals surface area (Å²) < 4.78 is 5.54. The summed E-state index contributed by atoms with van der Waals surface area (Å²) in [6.07, 6.45) is 5.15. The van der Waals surface area contributed by atoms with Gasteiger partial charge in [-0.15, -0.1) is 0 Å². The van der Waals surface area contributed by atoms with Gasteiger partial charge in [-0.05, 0) is 44.6 Å². The highest BCUT2D eigenvalue weighted by atomic mass is 16.3. The standard InChI is InChI=1S/C29H43N9O6/c1-18(2)15-21-28-35-22(17-44-28)25(41)30-8-5-4-7-20(26(42)36-24(19(3)39)27(43)34-21)33-23(40)16-37-11-13-38(14-12-37)29-31-9-6-10-32-29/h6,9-10,17-21,24,39H,4-5,7-8,11-16H2,1-3H3,(H,30,41)(H,33,40)(H,34,43)(H,36,42)/t19-,20+,21+,24+/m1/s1. The lowest BCUT2D eigenvalue weighted by Crippen LogP contribution is -2.58. The van der Waals surface area contributed by atoms with Gasteiger partial charge < -0.3 is 35.7 Å². The molecule has 0 aromatic carbocycles. The van der Waals surface area contributed by atoms with E-state index in [9.17, 15) is 24.3 Å². The van der Waals surface area contributed by atoms with Gasteiger partial charge >= 0.3 is 0 Å². The smallest absolute Gasteiger partial charge is 0.273 e. The minimum atomic E-state index is -1.30. The quantitative estimate of drug-likeness (QED) is 0.276. The Bertz CT molecular complexity index is 1260. The third-order valence-electron chi connectivity index (χ3n) is 7.57. The highest BCUT2D eigenvalue weighted by Gasteiger charge is 2.33. The van der Waals surface area contributed by atoms with Crippen LogP contribution in [-0.2, 0) is 14.4 Å². The van der Waals surface area contributed by atoms with Crippen molar-refractivity contribution >= 4 is 29.6 Å². The summed E-state index contributed by atoms with van der Waals surface area (Å²) in [5.41, 5.74) is 0.0951. The van der Waals surface area contributed by atoms with Crippen LogP contribution in [0.1, 0.15) is 68.9 Å². The topological polar surface area (TPSA) is 195 Å². The molecule has 0 unspecified atom stereocenters. The minimum absolute atomic E-state index is 0.0950. The van der Waals surface area contributed by atoms with Crippen LogP contribution in [0.4, 0.5) is 5.95 Å². The lowest BCUT2D eigenvalue weighted by molar-refractivity contribution is -0.134. The van der Waals surface area contributed by atoms with Crippen molar-refractivity contribution in [3.05, 3.63) is 36.3 Å². The molecule has 2 aromatic rings. The molecule has 2 aliphatic heterocycles. The molecule has 2 aromatic heterocycles. The summed E-state index contributed by atoms with van der Waals surface area (Å²) in [5.74, 6) is -1.03. The molecule has 15 heteroatoms. The molecule has 240 valence electrons. The van der Waals surface area contributed by atoms with Gasteiger partial charge in [-0.2, -0.15) is 0 Å². The molecule has 0 saturated carbocycles. The molecule has 5 N–H and O–H groups in total. The first kappa shape index (κ1) is 32.8. The number of amides is 4. The summed E-state index contributed by atoms with van der Waals surface area (Å²) in [7, 11) is 0. The number of aliphatic hydroxyl groups is 1. The van der Waals surface area contributed by atoms with Crippen LogP contribution in [0.2, 0.25) is 0 Å². The third kappa shape index (κ3) is 9.19. The van der Waals surface area contributed by atoms with E-state index >= 15 is 0 Å². The molecule has 0 radical (unpaired) electrons. The first-order chi connectivity index (χ1) is 21.1. The number of piperazine rings is 1. The fourth-order valence-electron chi connectivity index (χ4n) is 5.20. The van der Waals surface area contributed by atoms with E-state index in [0.29, 0.717) is 57.9 Å². The maximum absolute atomic E-state index is 13.5. The number of aromatic nitrogens is 3. The van der Waals surface area contributed by atoms with E-state index in [-0.39, 0.29) is 36.4 Å². The summed E-state index contributed by atoms with van der Waals surface area (Å²) >= 11 is 0. The van der Waals surface area contributed by atoms with E-state index < -0.39 is 42.0 Å². The second-order valence-corrected chi connectivity index (χ2v) is 11.7. The van der Waals surface area contributed by atoms with Crippen molar-refractivity contribution in [2.24, 2.45) is 5.92 Å². The fraction of sp³-hybridized carbons (Fsp3) is 0.621. The van der Waals surface area contributed by atoms with Gasteiger partial charge in [0.05, 0.1) is 12.6 Å². The normalized spacial score (nSPS) is 23.4. The number of carbonyl (C=O) groups is 4. The molecule has 1 saturated heterocycles. The zero-order valence-corrected chi connectivity index (χ0v) is 25.5. The number of rotatable bonds is 7. The molecule has 0 spiro atoms. The predicted octanol–water partition coefficient (Wildman–Crippen LogP) is -0.246. The van der Waals surface area contributed by atoms with Gasteiger partial charge in [0.25, 0.3) is 5.91 Å². The van der Waals surface area contributed by atoms with E-state index in [2.05, 4.69) is 41.1 Å². The first-order valence-electron chi connectivity index (χ1n) is 15.2. The van der Waals surface area contributed by atoms with Crippen LogP contribution in [0.15, 0.2) is 29.1 Å². The molecule has 2 aliphatic rings. The lowest BCUT2D eigenvalue weighted by atomic mass is 10.0. The van der Waals surface area contributed by atoms with Gasteiger partial charge in [0.15, 0.2) is 5.69 Å². The summed E-state index contributed by atoms with van der Waals surface area (Å²) in [6, 6.07) is -1.18. The highest BCUT2D eigenvalue weighted by molar-refractivity contribution is 5.93. The Morgan fingerprint density at radius 1 is 1.07 bits per heavy atom. The number of carbonyl (C=O) groups excluding carboxylic acids is 4. The van der Waals surface area contributed by atoms with Crippen molar-refractivity contribution in [3.63, 3.8) is 0 Å². The van der Waals surface area contributed by atoms with E-state index in [1.165, 1.54) is 13.2 Å². The Morgan fingerprint density at radius 3 is 2.48 bits per heavy atom. The van der Waals surface area contributed by atoms with Gasteiger partial charge in [0.2, 0.25) is 29.6 Å². The van der Waals surface area contributed by atoms with Gasteiger partial charge in [-0.25, -0.2) is 15.0 Å². The number of anilines is 1. The van der Waals surface area contributed by atoms with Crippen LogP contribution < -0.4 is 26.2 Å². The average molecular weight is 614 g/mol. The van der Waals surface area contributed by atoms with Crippen molar-refractivity contribution < 1.29 is 28.7 Å². The second-order valence-electron chi connectivity index (χ2n) is 11.7. The molecule has 4 rings (SSSR count). The average Bonchev–Trinajstić information content (AvgIpc) is 3.49. The zero-order chi connectivity index (χ0) is 31.6. The second kappa shape index (κ2) is 15.6. The summed E-state index contributed by atoms with van der Waals surface area (Å²) in [6.45, 7) is 8.31. The molecule has 4 heterocycles.